The molecule has 2 aromatic rings. The number of hydrogen-bond donors (Lipinski definition) is 0. The van der Waals surface area contributed by atoms with Crippen molar-refractivity contribution in [1.82, 2.24) is 0 Å². The Kier molecular flexibility index (Phi) is 5.19. The Morgan fingerprint density at radius 1 is 1.32 bits per heavy atom. The number of ketones is 1. The van der Waals surface area contributed by atoms with Gasteiger partial charge in [0.15, 0.2) is 6.61 Å². The van der Waals surface area contributed by atoms with Gasteiger partial charge in [-0.25, -0.2) is 0 Å². The van der Waals surface area contributed by atoms with Gasteiger partial charge in [0.05, 0.1) is 7.57 Å². The van der Waals surface area contributed by atoms with Crippen LogP contribution in [0.15, 0.2) is 37.9 Å². The largest absolute Gasteiger partial charge is 0.485 e. The lowest BCUT2D eigenvalue weighted by Gasteiger charge is -2.06. The van der Waals surface area contributed by atoms with E-state index in [1.165, 1.54) is 16.9 Å². The fraction of sp³-hybridized carbons (Fsp3) is 0.214. The smallest absolute Gasteiger partial charge is 0.202 e. The molecule has 0 N–H and O–H groups in total. The molecule has 0 saturated carbocycles. The Labute approximate surface area is 133 Å². The molecule has 0 aliphatic heterocycles. The third-order valence-corrected chi connectivity index (χ3v) is 4.97. The number of thiophene rings is 1. The van der Waals surface area contributed by atoms with E-state index < -0.39 is 0 Å². The number of Topliss-reactive ketones (excluding diaryl/α,β-unsaturated/α-hetero) is 1. The molecule has 100 valence electrons. The van der Waals surface area contributed by atoms with E-state index in [-0.39, 0.29) is 12.4 Å². The van der Waals surface area contributed by atoms with Crippen molar-refractivity contribution in [3.8, 4) is 5.75 Å². The fourth-order valence-corrected chi connectivity index (χ4v) is 4.47. The molecule has 2 nitrogen and oxygen atoms in total. The Bertz CT molecular complexity index is 593. The van der Waals surface area contributed by atoms with Gasteiger partial charge in [0.25, 0.3) is 0 Å². The molecule has 0 fully saturated rings. The number of aryl methyl sites for hydroxylation is 1. The minimum atomic E-state index is -0.0317. The van der Waals surface area contributed by atoms with Crippen molar-refractivity contribution in [3.05, 3.63) is 49.0 Å². The zero-order valence-corrected chi connectivity index (χ0v) is 14.3. The number of halogens is 2. The van der Waals surface area contributed by atoms with Crippen LogP contribution >= 0.6 is 43.2 Å². The molecule has 0 unspecified atom stereocenters. The summed E-state index contributed by atoms with van der Waals surface area (Å²) >= 11 is 8.22. The highest BCUT2D eigenvalue weighted by Gasteiger charge is 2.14. The van der Waals surface area contributed by atoms with E-state index in [4.69, 9.17) is 4.74 Å². The fourth-order valence-electron chi connectivity index (χ4n) is 1.61. The third kappa shape index (κ3) is 3.91. The van der Waals surface area contributed by atoms with Gasteiger partial charge >= 0.3 is 0 Å². The minimum Gasteiger partial charge on any atom is -0.485 e. The maximum Gasteiger partial charge on any atom is 0.202 e. The predicted octanol–water partition coefficient (Wildman–Crippen LogP) is 5.10. The maximum absolute atomic E-state index is 12.0. The number of hydrogen-bond acceptors (Lipinski definition) is 3. The van der Waals surface area contributed by atoms with Gasteiger partial charge in [0.1, 0.15) is 5.75 Å². The molecule has 0 amide bonds. The van der Waals surface area contributed by atoms with Crippen molar-refractivity contribution in [2.75, 3.05) is 6.61 Å². The molecule has 0 saturated heterocycles. The van der Waals surface area contributed by atoms with Gasteiger partial charge in [-0.1, -0.05) is 19.1 Å². The Morgan fingerprint density at radius 3 is 2.74 bits per heavy atom. The second-order valence-corrected chi connectivity index (χ2v) is 7.70. The average Bonchev–Trinajstić information content (AvgIpc) is 2.75. The predicted molar refractivity (Wildman–Crippen MR) is 85.4 cm³/mol. The van der Waals surface area contributed by atoms with Gasteiger partial charge in [-0.05, 0) is 62.0 Å². The number of carbonyl (C=O) groups is 1. The summed E-state index contributed by atoms with van der Waals surface area (Å²) in [5.41, 5.74) is 1.85. The first-order valence-electron chi connectivity index (χ1n) is 5.80. The van der Waals surface area contributed by atoms with E-state index in [0.717, 1.165) is 19.7 Å². The van der Waals surface area contributed by atoms with Crippen molar-refractivity contribution in [2.45, 2.75) is 13.3 Å². The Morgan fingerprint density at radius 2 is 2.11 bits per heavy atom. The summed E-state index contributed by atoms with van der Waals surface area (Å²) in [5, 5.41) is 0. The Hall–Kier alpha value is -0.650. The van der Waals surface area contributed by atoms with Crippen LogP contribution in [-0.4, -0.2) is 12.4 Å². The van der Waals surface area contributed by atoms with Crippen LogP contribution in [0.4, 0.5) is 0 Å². The van der Waals surface area contributed by atoms with E-state index >= 15 is 0 Å². The second kappa shape index (κ2) is 6.68. The Balaban J connectivity index is 2.02. The molecule has 5 heteroatoms. The van der Waals surface area contributed by atoms with Crippen LogP contribution in [-0.2, 0) is 6.42 Å². The minimum absolute atomic E-state index is 0.0317. The molecule has 1 heterocycles. The van der Waals surface area contributed by atoms with Crippen molar-refractivity contribution < 1.29 is 9.53 Å². The van der Waals surface area contributed by atoms with Gasteiger partial charge in [-0.2, -0.15) is 0 Å². The molecule has 0 aliphatic carbocycles. The van der Waals surface area contributed by atoms with Crippen LogP contribution in [0, 0.1) is 0 Å². The molecular formula is C14H12Br2O2S. The van der Waals surface area contributed by atoms with Crippen LogP contribution < -0.4 is 4.74 Å². The lowest BCUT2D eigenvalue weighted by Crippen LogP contribution is -2.11. The average molecular weight is 404 g/mol. The van der Waals surface area contributed by atoms with E-state index in [0.29, 0.717) is 5.56 Å². The number of benzene rings is 1. The molecule has 2 rings (SSSR count). The maximum atomic E-state index is 12.0. The summed E-state index contributed by atoms with van der Waals surface area (Å²) in [6.45, 7) is 2.14. The molecule has 0 atom stereocenters. The molecule has 19 heavy (non-hydrogen) atoms. The quantitative estimate of drug-likeness (QED) is 0.649. The first-order chi connectivity index (χ1) is 9.10. The van der Waals surface area contributed by atoms with Gasteiger partial charge in [-0.15, -0.1) is 11.3 Å². The molecule has 0 bridgehead atoms. The first-order valence-corrected chi connectivity index (χ1v) is 8.20. The highest BCUT2D eigenvalue weighted by atomic mass is 79.9. The lowest BCUT2D eigenvalue weighted by molar-refractivity contribution is 0.0921. The summed E-state index contributed by atoms with van der Waals surface area (Å²) in [4.78, 5) is 12.0. The lowest BCUT2D eigenvalue weighted by atomic mass is 10.2. The molecule has 0 aliphatic rings. The monoisotopic (exact) mass is 402 g/mol. The SMILES string of the molecule is CCc1cccc(OCC(=O)c2cc(Br)sc2Br)c1. The second-order valence-electron chi connectivity index (χ2n) is 3.95. The topological polar surface area (TPSA) is 26.3 Å². The van der Waals surface area contributed by atoms with Gasteiger partial charge in [-0.3, -0.25) is 4.79 Å². The molecule has 1 aromatic carbocycles. The van der Waals surface area contributed by atoms with Crippen LogP contribution in [0.5, 0.6) is 5.75 Å². The summed E-state index contributed by atoms with van der Waals surface area (Å²) in [7, 11) is 0. The highest BCUT2D eigenvalue weighted by molar-refractivity contribution is 9.12. The van der Waals surface area contributed by atoms with Gasteiger partial charge in [0.2, 0.25) is 5.78 Å². The number of ether oxygens (including phenoxy) is 1. The van der Waals surface area contributed by atoms with Crippen LogP contribution in [0.2, 0.25) is 0 Å². The summed E-state index contributed by atoms with van der Waals surface area (Å²) in [5.74, 6) is 0.703. The van der Waals surface area contributed by atoms with E-state index in [9.17, 15) is 4.79 Å². The summed E-state index contributed by atoms with van der Waals surface area (Å²) in [6.07, 6.45) is 0.953. The van der Waals surface area contributed by atoms with E-state index in [1.54, 1.807) is 0 Å². The first kappa shape index (κ1) is 14.8. The van der Waals surface area contributed by atoms with Crippen molar-refractivity contribution in [3.63, 3.8) is 0 Å². The summed E-state index contributed by atoms with van der Waals surface area (Å²) < 4.78 is 7.30. The van der Waals surface area contributed by atoms with E-state index in [1.807, 2.05) is 30.3 Å². The highest BCUT2D eigenvalue weighted by Crippen LogP contribution is 2.32. The standard InChI is InChI=1S/C14H12Br2O2S/c1-2-9-4-3-5-10(6-9)18-8-12(17)11-7-13(15)19-14(11)16/h3-7H,2,8H2,1H3. The molecule has 0 radical (unpaired) electrons. The molecular weight excluding hydrogens is 392 g/mol. The van der Waals surface area contributed by atoms with Crippen LogP contribution in [0.1, 0.15) is 22.8 Å². The van der Waals surface area contributed by atoms with E-state index in [2.05, 4.69) is 38.8 Å². The molecule has 1 aromatic heterocycles. The van der Waals surface area contributed by atoms with Crippen LogP contribution in [0.25, 0.3) is 0 Å². The molecule has 0 spiro atoms. The number of rotatable bonds is 5. The van der Waals surface area contributed by atoms with Crippen LogP contribution in [0.3, 0.4) is 0 Å². The van der Waals surface area contributed by atoms with Crippen molar-refractivity contribution in [2.24, 2.45) is 0 Å². The zero-order chi connectivity index (χ0) is 13.8. The van der Waals surface area contributed by atoms with Crippen molar-refractivity contribution >= 4 is 49.0 Å². The number of carbonyl (C=O) groups excluding carboxylic acids is 1. The van der Waals surface area contributed by atoms with Gasteiger partial charge < -0.3 is 4.74 Å². The zero-order valence-electron chi connectivity index (χ0n) is 10.3. The van der Waals surface area contributed by atoms with Crippen molar-refractivity contribution in [1.29, 1.82) is 0 Å². The third-order valence-electron chi connectivity index (χ3n) is 2.63. The normalized spacial score (nSPS) is 10.5. The summed E-state index contributed by atoms with van der Waals surface area (Å²) in [6, 6.07) is 9.62. The van der Waals surface area contributed by atoms with Gasteiger partial charge in [0, 0.05) is 5.56 Å².